The van der Waals surface area contributed by atoms with Gasteiger partial charge in [0.2, 0.25) is 0 Å². The first-order valence-corrected chi connectivity index (χ1v) is 6.54. The summed E-state index contributed by atoms with van der Waals surface area (Å²) in [6, 6.07) is 1.74. The molecule has 0 spiro atoms. The molecule has 0 bridgehead atoms. The van der Waals surface area contributed by atoms with Crippen molar-refractivity contribution in [2.75, 3.05) is 0 Å². The number of aryl methyl sites for hydroxylation is 1. The van der Waals surface area contributed by atoms with E-state index in [1.807, 2.05) is 6.92 Å². The molecule has 17 heavy (non-hydrogen) atoms. The number of aromatic nitrogens is 2. The van der Waals surface area contributed by atoms with Gasteiger partial charge in [-0.15, -0.1) is 0 Å². The highest BCUT2D eigenvalue weighted by Gasteiger charge is 2.26. The molecule has 1 heterocycles. The van der Waals surface area contributed by atoms with Crippen molar-refractivity contribution in [2.45, 2.75) is 46.0 Å². The number of carbonyl (C=O) groups excluding carboxylic acids is 1. The molecular weight excluding hydrogens is 212 g/mol. The van der Waals surface area contributed by atoms with Crippen LogP contribution in [-0.4, -0.2) is 15.8 Å². The summed E-state index contributed by atoms with van der Waals surface area (Å²) in [4.78, 5) is 20.5. The molecule has 3 heteroatoms. The van der Waals surface area contributed by atoms with Gasteiger partial charge in [-0.3, -0.25) is 4.79 Å². The van der Waals surface area contributed by atoms with Gasteiger partial charge in [-0.1, -0.05) is 13.3 Å². The minimum Gasteiger partial charge on any atom is -0.292 e. The maximum atomic E-state index is 12.3. The van der Waals surface area contributed by atoms with Gasteiger partial charge in [-0.25, -0.2) is 9.97 Å². The van der Waals surface area contributed by atoms with Crippen molar-refractivity contribution >= 4 is 5.78 Å². The van der Waals surface area contributed by atoms with E-state index in [0.717, 1.165) is 18.8 Å². The lowest BCUT2D eigenvalue weighted by molar-refractivity contribution is 0.0865. The van der Waals surface area contributed by atoms with Crippen molar-refractivity contribution in [1.29, 1.82) is 0 Å². The van der Waals surface area contributed by atoms with Gasteiger partial charge in [0, 0.05) is 12.1 Å². The summed E-state index contributed by atoms with van der Waals surface area (Å²) in [7, 11) is 0. The van der Waals surface area contributed by atoms with Crippen molar-refractivity contribution in [3.63, 3.8) is 0 Å². The Hall–Kier alpha value is -1.25. The van der Waals surface area contributed by atoms with Crippen molar-refractivity contribution < 1.29 is 4.79 Å². The molecule has 3 nitrogen and oxygen atoms in total. The number of Topliss-reactive ketones (excluding diaryl/α,β-unsaturated/α-hetero) is 1. The molecule has 1 aromatic heterocycles. The number of hydrogen-bond acceptors (Lipinski definition) is 3. The molecule has 0 saturated heterocycles. The Kier molecular flexibility index (Phi) is 3.87. The smallest absolute Gasteiger partial charge is 0.184 e. The van der Waals surface area contributed by atoms with E-state index in [1.54, 1.807) is 12.3 Å². The molecule has 1 aliphatic rings. The highest BCUT2D eigenvalue weighted by molar-refractivity contribution is 5.96. The molecule has 0 N–H and O–H groups in total. The SMILES string of the molecule is CCC1CCC(C(=O)c2ccnc(C)n2)CC1. The molecular formula is C14H20N2O. The molecule has 92 valence electrons. The van der Waals surface area contributed by atoms with Gasteiger partial charge >= 0.3 is 0 Å². The normalized spacial score (nSPS) is 24.6. The lowest BCUT2D eigenvalue weighted by Gasteiger charge is -2.26. The van der Waals surface area contributed by atoms with Gasteiger partial charge < -0.3 is 0 Å². The van der Waals surface area contributed by atoms with Crippen molar-refractivity contribution in [1.82, 2.24) is 9.97 Å². The zero-order valence-corrected chi connectivity index (χ0v) is 10.6. The molecule has 0 amide bonds. The van der Waals surface area contributed by atoms with Crippen LogP contribution in [0.2, 0.25) is 0 Å². The summed E-state index contributed by atoms with van der Waals surface area (Å²) in [5.41, 5.74) is 0.595. The number of rotatable bonds is 3. The van der Waals surface area contributed by atoms with Crippen molar-refractivity contribution in [3.8, 4) is 0 Å². The van der Waals surface area contributed by atoms with Gasteiger partial charge in [0.25, 0.3) is 0 Å². The molecule has 1 aromatic rings. The summed E-state index contributed by atoms with van der Waals surface area (Å²) in [6.45, 7) is 4.06. The van der Waals surface area contributed by atoms with Crippen LogP contribution in [0.1, 0.15) is 55.3 Å². The van der Waals surface area contributed by atoms with Crippen LogP contribution in [0.15, 0.2) is 12.3 Å². The van der Waals surface area contributed by atoms with Crippen LogP contribution in [0.25, 0.3) is 0 Å². The largest absolute Gasteiger partial charge is 0.292 e. The molecule has 1 saturated carbocycles. The van der Waals surface area contributed by atoms with Gasteiger partial charge in [-0.2, -0.15) is 0 Å². The highest BCUT2D eigenvalue weighted by Crippen LogP contribution is 2.32. The second-order valence-corrected chi connectivity index (χ2v) is 4.98. The second-order valence-electron chi connectivity index (χ2n) is 4.98. The number of nitrogens with zero attached hydrogens (tertiary/aromatic N) is 2. The topological polar surface area (TPSA) is 42.9 Å². The van der Waals surface area contributed by atoms with E-state index >= 15 is 0 Å². The van der Waals surface area contributed by atoms with Crippen LogP contribution in [0, 0.1) is 18.8 Å². The Morgan fingerprint density at radius 2 is 2.06 bits per heavy atom. The fourth-order valence-electron chi connectivity index (χ4n) is 2.64. The fraction of sp³-hybridized carbons (Fsp3) is 0.643. The van der Waals surface area contributed by atoms with E-state index in [9.17, 15) is 4.79 Å². The van der Waals surface area contributed by atoms with E-state index in [2.05, 4.69) is 16.9 Å². The molecule has 0 unspecified atom stereocenters. The maximum Gasteiger partial charge on any atom is 0.184 e. The van der Waals surface area contributed by atoms with E-state index in [1.165, 1.54) is 19.3 Å². The summed E-state index contributed by atoms with van der Waals surface area (Å²) in [5.74, 6) is 1.90. The molecule has 2 rings (SSSR count). The minimum absolute atomic E-state index is 0.187. The second kappa shape index (κ2) is 5.39. The Morgan fingerprint density at radius 3 is 2.65 bits per heavy atom. The van der Waals surface area contributed by atoms with Crippen LogP contribution >= 0.6 is 0 Å². The summed E-state index contributed by atoms with van der Waals surface area (Å²) >= 11 is 0. The van der Waals surface area contributed by atoms with Crippen LogP contribution in [-0.2, 0) is 0 Å². The lowest BCUT2D eigenvalue weighted by atomic mass is 9.78. The monoisotopic (exact) mass is 232 g/mol. The predicted octanol–water partition coefficient (Wildman–Crippen LogP) is 3.18. The van der Waals surface area contributed by atoms with E-state index in [-0.39, 0.29) is 11.7 Å². The third-order valence-corrected chi connectivity index (χ3v) is 3.82. The average molecular weight is 232 g/mol. The molecule has 0 radical (unpaired) electrons. The molecule has 0 aromatic carbocycles. The Labute approximate surface area is 103 Å². The van der Waals surface area contributed by atoms with Crippen LogP contribution in [0.5, 0.6) is 0 Å². The first kappa shape index (κ1) is 12.2. The third kappa shape index (κ3) is 2.90. The number of hydrogen-bond donors (Lipinski definition) is 0. The van der Waals surface area contributed by atoms with E-state index in [0.29, 0.717) is 11.5 Å². The molecule has 0 atom stereocenters. The third-order valence-electron chi connectivity index (χ3n) is 3.82. The van der Waals surface area contributed by atoms with Crippen molar-refractivity contribution in [3.05, 3.63) is 23.8 Å². The van der Waals surface area contributed by atoms with E-state index in [4.69, 9.17) is 0 Å². The molecule has 1 fully saturated rings. The molecule has 1 aliphatic carbocycles. The number of carbonyl (C=O) groups is 1. The molecule has 0 aliphatic heterocycles. The summed E-state index contributed by atoms with van der Waals surface area (Å²) < 4.78 is 0. The first-order chi connectivity index (χ1) is 8.20. The Bertz CT molecular complexity index is 395. The predicted molar refractivity (Wildman–Crippen MR) is 66.8 cm³/mol. The number of ketones is 1. The first-order valence-electron chi connectivity index (χ1n) is 6.54. The Balaban J connectivity index is 2.02. The highest BCUT2D eigenvalue weighted by atomic mass is 16.1. The fourth-order valence-corrected chi connectivity index (χ4v) is 2.64. The van der Waals surface area contributed by atoms with E-state index < -0.39 is 0 Å². The Morgan fingerprint density at radius 1 is 1.35 bits per heavy atom. The zero-order chi connectivity index (χ0) is 12.3. The van der Waals surface area contributed by atoms with Crippen LogP contribution < -0.4 is 0 Å². The average Bonchev–Trinajstić information content (AvgIpc) is 2.38. The van der Waals surface area contributed by atoms with Crippen molar-refractivity contribution in [2.24, 2.45) is 11.8 Å². The van der Waals surface area contributed by atoms with Gasteiger partial charge in [0.15, 0.2) is 5.78 Å². The van der Waals surface area contributed by atoms with Crippen LogP contribution in [0.3, 0.4) is 0 Å². The van der Waals surface area contributed by atoms with Crippen LogP contribution in [0.4, 0.5) is 0 Å². The zero-order valence-electron chi connectivity index (χ0n) is 10.6. The minimum atomic E-state index is 0.187. The maximum absolute atomic E-state index is 12.3. The summed E-state index contributed by atoms with van der Waals surface area (Å²) in [5, 5.41) is 0. The standard InChI is InChI=1S/C14H20N2O/c1-3-11-4-6-12(7-5-11)14(17)13-8-9-15-10(2)16-13/h8-9,11-12H,3-7H2,1-2H3. The lowest BCUT2D eigenvalue weighted by Crippen LogP contribution is -2.22. The quantitative estimate of drug-likeness (QED) is 0.752. The van der Waals surface area contributed by atoms with Gasteiger partial charge in [0.1, 0.15) is 11.5 Å². The summed E-state index contributed by atoms with van der Waals surface area (Å²) in [6.07, 6.45) is 7.36. The van der Waals surface area contributed by atoms with Gasteiger partial charge in [0.05, 0.1) is 0 Å². The van der Waals surface area contributed by atoms with Gasteiger partial charge in [-0.05, 0) is 44.6 Å².